The van der Waals surface area contributed by atoms with E-state index in [9.17, 15) is 4.79 Å². The number of carbonyl (C=O) groups excluding carboxylic acids is 1. The lowest BCUT2D eigenvalue weighted by molar-refractivity contribution is 0.102. The van der Waals surface area contributed by atoms with E-state index in [2.05, 4.69) is 25.6 Å². The standard InChI is InChI=1S/C18H19N5O2/c1-12-21-15(11-16(22-12)19-9-10-25-2)18(24)23-14-7-3-5-13-6-4-8-20-17(13)14/h3-8,11H,9-10H2,1-2H3,(H,23,24)(H,19,21,22). The zero-order chi connectivity index (χ0) is 17.6. The van der Waals surface area contributed by atoms with Crippen molar-refractivity contribution < 1.29 is 9.53 Å². The lowest BCUT2D eigenvalue weighted by Crippen LogP contribution is -2.17. The van der Waals surface area contributed by atoms with Crippen LogP contribution in [0.4, 0.5) is 11.5 Å². The van der Waals surface area contributed by atoms with Gasteiger partial charge in [-0.15, -0.1) is 0 Å². The number of nitrogens with one attached hydrogen (secondary N) is 2. The van der Waals surface area contributed by atoms with Gasteiger partial charge in [-0.05, 0) is 19.1 Å². The summed E-state index contributed by atoms with van der Waals surface area (Å²) in [6.07, 6.45) is 1.70. The van der Waals surface area contributed by atoms with Gasteiger partial charge in [0.2, 0.25) is 0 Å². The highest BCUT2D eigenvalue weighted by Crippen LogP contribution is 2.21. The molecule has 0 unspecified atom stereocenters. The second-order valence-electron chi connectivity index (χ2n) is 5.44. The first-order chi connectivity index (χ1) is 12.2. The van der Waals surface area contributed by atoms with Crippen LogP contribution in [0.3, 0.4) is 0 Å². The summed E-state index contributed by atoms with van der Waals surface area (Å²) in [5.41, 5.74) is 1.68. The summed E-state index contributed by atoms with van der Waals surface area (Å²) in [6, 6.07) is 11.1. The number of methoxy groups -OCH3 is 1. The summed E-state index contributed by atoms with van der Waals surface area (Å²) in [5.74, 6) is 0.799. The Kier molecular flexibility index (Phi) is 5.15. The summed E-state index contributed by atoms with van der Waals surface area (Å²) in [7, 11) is 1.63. The second kappa shape index (κ2) is 7.67. The molecule has 128 valence electrons. The molecule has 3 rings (SSSR count). The van der Waals surface area contributed by atoms with Gasteiger partial charge in [0.25, 0.3) is 5.91 Å². The van der Waals surface area contributed by atoms with Gasteiger partial charge in [-0.25, -0.2) is 9.97 Å². The summed E-state index contributed by atoms with van der Waals surface area (Å²) in [6.45, 7) is 2.89. The predicted molar refractivity (Wildman–Crippen MR) is 96.8 cm³/mol. The highest BCUT2D eigenvalue weighted by molar-refractivity contribution is 6.07. The molecule has 0 fully saturated rings. The van der Waals surface area contributed by atoms with Gasteiger partial charge >= 0.3 is 0 Å². The number of benzene rings is 1. The van der Waals surface area contributed by atoms with Crippen molar-refractivity contribution in [3.8, 4) is 0 Å². The number of nitrogens with zero attached hydrogens (tertiary/aromatic N) is 3. The smallest absolute Gasteiger partial charge is 0.274 e. The number of pyridine rings is 1. The van der Waals surface area contributed by atoms with Crippen LogP contribution in [0.1, 0.15) is 16.3 Å². The van der Waals surface area contributed by atoms with Crippen molar-refractivity contribution in [3.05, 3.63) is 54.1 Å². The molecule has 1 amide bonds. The van der Waals surface area contributed by atoms with Crippen LogP contribution in [0.15, 0.2) is 42.6 Å². The first-order valence-corrected chi connectivity index (χ1v) is 7.91. The van der Waals surface area contributed by atoms with Crippen LogP contribution in [0.5, 0.6) is 0 Å². The third kappa shape index (κ3) is 4.07. The number of ether oxygens (including phenoxy) is 1. The Morgan fingerprint density at radius 1 is 1.20 bits per heavy atom. The van der Waals surface area contributed by atoms with Gasteiger partial charge in [-0.1, -0.05) is 18.2 Å². The lowest BCUT2D eigenvalue weighted by atomic mass is 10.2. The van der Waals surface area contributed by atoms with Crippen molar-refractivity contribution in [2.75, 3.05) is 30.9 Å². The number of carbonyl (C=O) groups is 1. The van der Waals surface area contributed by atoms with E-state index in [1.165, 1.54) is 0 Å². The molecule has 7 heteroatoms. The zero-order valence-corrected chi connectivity index (χ0v) is 14.1. The SMILES string of the molecule is COCCNc1cc(C(=O)Nc2cccc3cccnc23)nc(C)n1. The van der Waals surface area contributed by atoms with Crippen molar-refractivity contribution in [2.24, 2.45) is 0 Å². The van der Waals surface area contributed by atoms with Crippen molar-refractivity contribution >= 4 is 28.3 Å². The minimum atomic E-state index is -0.307. The number of rotatable bonds is 6. The summed E-state index contributed by atoms with van der Waals surface area (Å²) < 4.78 is 5.00. The maximum absolute atomic E-state index is 12.6. The molecule has 25 heavy (non-hydrogen) atoms. The number of hydrogen-bond donors (Lipinski definition) is 2. The average Bonchev–Trinajstić information content (AvgIpc) is 2.62. The number of para-hydroxylation sites is 1. The number of aromatic nitrogens is 3. The first kappa shape index (κ1) is 16.8. The number of fused-ring (bicyclic) bond motifs is 1. The summed E-state index contributed by atoms with van der Waals surface area (Å²) in [5, 5.41) is 6.94. The van der Waals surface area contributed by atoms with Crippen molar-refractivity contribution in [1.82, 2.24) is 15.0 Å². The Morgan fingerprint density at radius 3 is 2.88 bits per heavy atom. The van der Waals surface area contributed by atoms with E-state index in [0.717, 1.165) is 10.9 Å². The predicted octanol–water partition coefficient (Wildman–Crippen LogP) is 2.64. The monoisotopic (exact) mass is 337 g/mol. The lowest BCUT2D eigenvalue weighted by Gasteiger charge is -2.10. The van der Waals surface area contributed by atoms with E-state index in [4.69, 9.17) is 4.74 Å². The van der Waals surface area contributed by atoms with E-state index >= 15 is 0 Å². The minimum absolute atomic E-state index is 0.292. The van der Waals surface area contributed by atoms with Gasteiger partial charge in [0.05, 0.1) is 17.8 Å². The Balaban J connectivity index is 1.83. The highest BCUT2D eigenvalue weighted by Gasteiger charge is 2.12. The molecule has 0 atom stereocenters. The maximum atomic E-state index is 12.6. The highest BCUT2D eigenvalue weighted by atomic mass is 16.5. The number of aryl methyl sites for hydroxylation is 1. The molecule has 0 aliphatic rings. The first-order valence-electron chi connectivity index (χ1n) is 7.91. The topological polar surface area (TPSA) is 89.0 Å². The van der Waals surface area contributed by atoms with Crippen LogP contribution < -0.4 is 10.6 Å². The van der Waals surface area contributed by atoms with Crippen molar-refractivity contribution in [2.45, 2.75) is 6.92 Å². The molecule has 0 radical (unpaired) electrons. The molecule has 1 aromatic carbocycles. The molecule has 0 spiro atoms. The molecule has 2 aromatic heterocycles. The Hall–Kier alpha value is -3.06. The number of hydrogen-bond acceptors (Lipinski definition) is 6. The number of amides is 1. The molecule has 2 heterocycles. The quantitative estimate of drug-likeness (QED) is 0.672. The average molecular weight is 337 g/mol. The molecule has 0 aliphatic carbocycles. The molecule has 0 bridgehead atoms. The van der Waals surface area contributed by atoms with Crippen LogP contribution in [0, 0.1) is 6.92 Å². The molecule has 2 N–H and O–H groups in total. The van der Waals surface area contributed by atoms with Gasteiger partial charge in [0, 0.05) is 31.3 Å². The van der Waals surface area contributed by atoms with Gasteiger partial charge in [-0.3, -0.25) is 9.78 Å². The molecule has 0 saturated carbocycles. The normalized spacial score (nSPS) is 10.6. The Labute approximate surface area is 145 Å². The van der Waals surface area contributed by atoms with Gasteiger partial charge < -0.3 is 15.4 Å². The largest absolute Gasteiger partial charge is 0.383 e. The molecule has 7 nitrogen and oxygen atoms in total. The van der Waals surface area contributed by atoms with Crippen molar-refractivity contribution in [3.63, 3.8) is 0 Å². The molecular weight excluding hydrogens is 318 g/mol. The van der Waals surface area contributed by atoms with E-state index in [1.807, 2.05) is 30.3 Å². The Bertz CT molecular complexity index is 892. The second-order valence-corrected chi connectivity index (χ2v) is 5.44. The van der Waals surface area contributed by atoms with E-state index in [1.54, 1.807) is 26.3 Å². The maximum Gasteiger partial charge on any atom is 0.274 e. The van der Waals surface area contributed by atoms with Crippen molar-refractivity contribution in [1.29, 1.82) is 0 Å². The summed E-state index contributed by atoms with van der Waals surface area (Å²) >= 11 is 0. The van der Waals surface area contributed by atoms with Crippen LogP contribution in [0.2, 0.25) is 0 Å². The molecular formula is C18H19N5O2. The van der Waals surface area contributed by atoms with E-state index in [0.29, 0.717) is 36.2 Å². The third-order valence-electron chi connectivity index (χ3n) is 3.56. The van der Waals surface area contributed by atoms with Crippen LogP contribution >= 0.6 is 0 Å². The summed E-state index contributed by atoms with van der Waals surface area (Å²) in [4.78, 5) is 25.4. The van der Waals surface area contributed by atoms with E-state index in [-0.39, 0.29) is 5.91 Å². The molecule has 3 aromatic rings. The van der Waals surface area contributed by atoms with E-state index < -0.39 is 0 Å². The number of anilines is 2. The molecule has 0 saturated heterocycles. The fraction of sp³-hybridized carbons (Fsp3) is 0.222. The third-order valence-corrected chi connectivity index (χ3v) is 3.56. The van der Waals surface area contributed by atoms with Gasteiger partial charge in [0.1, 0.15) is 17.3 Å². The van der Waals surface area contributed by atoms with Crippen LogP contribution in [-0.4, -0.2) is 41.1 Å². The fourth-order valence-corrected chi connectivity index (χ4v) is 2.45. The van der Waals surface area contributed by atoms with Gasteiger partial charge in [-0.2, -0.15) is 0 Å². The van der Waals surface area contributed by atoms with Crippen LogP contribution in [-0.2, 0) is 4.74 Å². The van der Waals surface area contributed by atoms with Crippen LogP contribution in [0.25, 0.3) is 10.9 Å². The Morgan fingerprint density at radius 2 is 2.04 bits per heavy atom. The molecule has 0 aliphatic heterocycles. The zero-order valence-electron chi connectivity index (χ0n) is 14.1. The minimum Gasteiger partial charge on any atom is -0.383 e. The fourth-order valence-electron chi connectivity index (χ4n) is 2.45. The van der Waals surface area contributed by atoms with Gasteiger partial charge in [0.15, 0.2) is 0 Å².